The van der Waals surface area contributed by atoms with Crippen LogP contribution in [0.2, 0.25) is 0 Å². The van der Waals surface area contributed by atoms with E-state index >= 15 is 0 Å². The lowest BCUT2D eigenvalue weighted by Gasteiger charge is -2.09. The summed E-state index contributed by atoms with van der Waals surface area (Å²) in [4.78, 5) is 10.6. The Morgan fingerprint density at radius 2 is 2.00 bits per heavy atom. The maximum Gasteiger partial charge on any atom is 0.510 e. The third kappa shape index (κ3) is 3.63. The van der Waals surface area contributed by atoms with Crippen molar-refractivity contribution < 1.29 is 32.4 Å². The molecular weight excluding hydrogens is 215 g/mol. The largest absolute Gasteiger partial charge is 0.510 e. The lowest BCUT2D eigenvalue weighted by atomic mass is 10.8. The Morgan fingerprint density at radius 1 is 1.36 bits per heavy atom. The molecule has 1 fully saturated rings. The van der Waals surface area contributed by atoms with Crippen LogP contribution in [-0.2, 0) is 27.6 Å². The molecule has 0 amide bonds. The highest BCUT2D eigenvalue weighted by Gasteiger charge is 2.32. The Hall–Kier alpha value is -0.620. The summed E-state index contributed by atoms with van der Waals surface area (Å²) in [5, 5.41) is 0. The van der Waals surface area contributed by atoms with Gasteiger partial charge in [0.15, 0.2) is 0 Å². The van der Waals surface area contributed by atoms with Gasteiger partial charge >= 0.3 is 14.0 Å². The molecule has 1 aliphatic rings. The first-order valence-corrected chi connectivity index (χ1v) is 5.45. The van der Waals surface area contributed by atoms with Crippen LogP contribution in [-0.4, -0.2) is 32.8 Å². The Bertz CT molecular complexity index is 230. The number of hydrogen-bond donors (Lipinski definition) is 0. The molecule has 1 aliphatic heterocycles. The highest BCUT2D eigenvalue weighted by Crippen LogP contribution is 2.52. The van der Waals surface area contributed by atoms with E-state index in [0.29, 0.717) is 0 Å². The van der Waals surface area contributed by atoms with E-state index in [9.17, 15) is 9.36 Å². The summed E-state index contributed by atoms with van der Waals surface area (Å²) in [7, 11) is -3.48. The van der Waals surface area contributed by atoms with E-state index in [4.69, 9.17) is 0 Å². The van der Waals surface area contributed by atoms with Crippen molar-refractivity contribution in [1.29, 1.82) is 0 Å². The van der Waals surface area contributed by atoms with Crippen LogP contribution in [0.4, 0.5) is 4.79 Å². The molecule has 0 aliphatic carbocycles. The second-order valence-electron chi connectivity index (χ2n) is 2.19. The number of phosphoric ester groups is 1. The van der Waals surface area contributed by atoms with Gasteiger partial charge in [-0.2, -0.15) is 0 Å². The minimum absolute atomic E-state index is 0.198. The van der Waals surface area contributed by atoms with Crippen molar-refractivity contribution in [3.05, 3.63) is 0 Å². The summed E-state index contributed by atoms with van der Waals surface area (Å²) in [6.45, 7) is 1.72. The molecule has 0 unspecified atom stereocenters. The van der Waals surface area contributed by atoms with Gasteiger partial charge in [-0.25, -0.2) is 13.9 Å². The predicted molar refractivity (Wildman–Crippen MR) is 43.6 cm³/mol. The number of hydrogen-bond acceptors (Lipinski definition) is 7. The summed E-state index contributed by atoms with van der Waals surface area (Å²) < 4.78 is 34.0. The summed E-state index contributed by atoms with van der Waals surface area (Å²) in [5.74, 6) is 0. The summed E-state index contributed by atoms with van der Waals surface area (Å²) >= 11 is 0. The van der Waals surface area contributed by atoms with E-state index in [2.05, 4.69) is 23.0 Å². The van der Waals surface area contributed by atoms with Crippen molar-refractivity contribution in [3.8, 4) is 0 Å². The maximum atomic E-state index is 11.3. The van der Waals surface area contributed by atoms with Gasteiger partial charge in [-0.05, 0) is 6.92 Å². The van der Waals surface area contributed by atoms with Gasteiger partial charge in [-0.3, -0.25) is 9.05 Å². The first-order valence-electron chi connectivity index (χ1n) is 3.99. The molecular formula is C6H11O7P. The average molecular weight is 226 g/mol. The van der Waals surface area contributed by atoms with Crippen molar-refractivity contribution >= 4 is 14.0 Å². The third-order valence-corrected chi connectivity index (χ3v) is 2.65. The second kappa shape index (κ2) is 5.31. The number of rotatable bonds is 4. The van der Waals surface area contributed by atoms with Crippen molar-refractivity contribution in [2.45, 2.75) is 6.92 Å². The Balaban J connectivity index is 2.14. The van der Waals surface area contributed by atoms with Crippen LogP contribution in [0.5, 0.6) is 0 Å². The second-order valence-corrected chi connectivity index (χ2v) is 3.86. The monoisotopic (exact) mass is 226 g/mol. The van der Waals surface area contributed by atoms with Gasteiger partial charge in [-0.1, -0.05) is 0 Å². The van der Waals surface area contributed by atoms with Crippen molar-refractivity contribution in [1.82, 2.24) is 0 Å². The molecule has 0 N–H and O–H groups in total. The van der Waals surface area contributed by atoms with Crippen molar-refractivity contribution in [2.24, 2.45) is 0 Å². The fraction of sp³-hybridized carbons (Fsp3) is 0.833. The van der Waals surface area contributed by atoms with E-state index in [0.717, 1.165) is 0 Å². The average Bonchev–Trinajstić information content (AvgIpc) is 2.53. The lowest BCUT2D eigenvalue weighted by molar-refractivity contribution is -0.00373. The summed E-state index contributed by atoms with van der Waals surface area (Å²) in [6, 6.07) is 0. The minimum atomic E-state index is -3.48. The molecule has 1 saturated heterocycles. The van der Waals surface area contributed by atoms with E-state index in [1.807, 2.05) is 0 Å². The molecule has 1 heterocycles. The zero-order chi connectivity index (χ0) is 10.4. The van der Waals surface area contributed by atoms with E-state index in [-0.39, 0.29) is 19.8 Å². The Morgan fingerprint density at radius 3 is 2.57 bits per heavy atom. The van der Waals surface area contributed by atoms with Crippen LogP contribution in [0.25, 0.3) is 0 Å². The molecule has 14 heavy (non-hydrogen) atoms. The number of carbonyl (C=O) groups is 1. The first-order chi connectivity index (χ1) is 6.66. The molecule has 0 aromatic heterocycles. The van der Waals surface area contributed by atoms with Gasteiger partial charge in [0.1, 0.15) is 0 Å². The molecule has 0 aromatic carbocycles. The lowest BCUT2D eigenvalue weighted by Crippen LogP contribution is -2.09. The van der Waals surface area contributed by atoms with Gasteiger partial charge in [0.05, 0.1) is 19.8 Å². The van der Waals surface area contributed by atoms with Crippen LogP contribution in [0.1, 0.15) is 6.92 Å². The number of carbonyl (C=O) groups excluding carboxylic acids is 1. The van der Waals surface area contributed by atoms with E-state index in [1.165, 1.54) is 0 Å². The van der Waals surface area contributed by atoms with Crippen LogP contribution >= 0.6 is 7.82 Å². The highest BCUT2D eigenvalue weighted by atomic mass is 31.2. The minimum Gasteiger partial charge on any atom is -0.435 e. The Labute approximate surface area is 80.8 Å². The molecule has 82 valence electrons. The van der Waals surface area contributed by atoms with Gasteiger partial charge in [-0.15, -0.1) is 0 Å². The van der Waals surface area contributed by atoms with Crippen molar-refractivity contribution in [2.75, 3.05) is 26.6 Å². The topological polar surface area (TPSA) is 80.3 Å². The predicted octanol–water partition coefficient (Wildman–Crippen LogP) is 1.29. The summed E-state index contributed by atoms with van der Waals surface area (Å²) in [5.41, 5.74) is 0. The maximum absolute atomic E-state index is 11.3. The van der Waals surface area contributed by atoms with Gasteiger partial charge in [0.25, 0.3) is 0 Å². The third-order valence-electron chi connectivity index (χ3n) is 1.23. The SMILES string of the molecule is CCOC(=O)OCOP1(=O)OCCO1. The van der Waals surface area contributed by atoms with E-state index < -0.39 is 20.8 Å². The Kier molecular flexibility index (Phi) is 4.34. The fourth-order valence-electron chi connectivity index (χ4n) is 0.708. The molecule has 0 atom stereocenters. The smallest absolute Gasteiger partial charge is 0.435 e. The molecule has 0 bridgehead atoms. The van der Waals surface area contributed by atoms with Gasteiger partial charge in [0.2, 0.25) is 6.79 Å². The van der Waals surface area contributed by atoms with Crippen LogP contribution < -0.4 is 0 Å². The quantitative estimate of drug-likeness (QED) is 0.405. The van der Waals surface area contributed by atoms with Gasteiger partial charge < -0.3 is 9.47 Å². The normalized spacial score (nSPS) is 19.2. The number of ether oxygens (including phenoxy) is 2. The van der Waals surface area contributed by atoms with Crippen LogP contribution in [0.15, 0.2) is 0 Å². The van der Waals surface area contributed by atoms with E-state index in [1.54, 1.807) is 6.92 Å². The molecule has 0 saturated carbocycles. The molecule has 1 rings (SSSR count). The molecule has 0 radical (unpaired) electrons. The molecule has 0 aromatic rings. The van der Waals surface area contributed by atoms with Crippen molar-refractivity contribution in [3.63, 3.8) is 0 Å². The number of phosphoric acid groups is 1. The van der Waals surface area contributed by atoms with Crippen LogP contribution in [0.3, 0.4) is 0 Å². The molecule has 0 spiro atoms. The molecule has 8 heteroatoms. The first kappa shape index (κ1) is 11.5. The van der Waals surface area contributed by atoms with Crippen LogP contribution in [0, 0.1) is 0 Å². The summed E-state index contributed by atoms with van der Waals surface area (Å²) in [6.07, 6.45) is -0.890. The van der Waals surface area contributed by atoms with Gasteiger partial charge in [0, 0.05) is 0 Å². The standard InChI is InChI=1S/C6H11O7P/c1-2-9-6(7)10-5-13-14(8)11-3-4-12-14/h2-5H2,1H3. The molecule has 7 nitrogen and oxygen atoms in total. The zero-order valence-electron chi connectivity index (χ0n) is 7.63. The highest BCUT2D eigenvalue weighted by molar-refractivity contribution is 7.48. The zero-order valence-corrected chi connectivity index (χ0v) is 8.53. The fourth-order valence-corrected chi connectivity index (χ4v) is 1.71.